The van der Waals surface area contributed by atoms with Crippen molar-refractivity contribution >= 4 is 21.7 Å². The Balaban J connectivity index is 2.03. The van der Waals surface area contributed by atoms with Crippen LogP contribution in [0.2, 0.25) is 0 Å². The second-order valence-corrected chi connectivity index (χ2v) is 5.77. The number of rotatable bonds is 4. The molecule has 0 atom stereocenters. The zero-order valence-corrected chi connectivity index (χ0v) is 13.6. The van der Waals surface area contributed by atoms with Crippen molar-refractivity contribution in [2.24, 2.45) is 0 Å². The Morgan fingerprint density at radius 3 is 2.68 bits per heavy atom. The van der Waals surface area contributed by atoms with Crippen LogP contribution in [0.3, 0.4) is 0 Å². The number of aromatic amines is 1. The molecule has 0 bridgehead atoms. The number of H-pyrrole nitrogens is 1. The number of aromatic nitrogens is 1. The molecule has 0 saturated carbocycles. The maximum Gasteiger partial charge on any atom is 0.195 e. The summed E-state index contributed by atoms with van der Waals surface area (Å²) in [5.41, 5.74) is 3.10. The fourth-order valence-electron chi connectivity index (χ4n) is 2.37. The highest BCUT2D eigenvalue weighted by atomic mass is 79.9. The zero-order valence-electron chi connectivity index (χ0n) is 12.0. The number of hydrogen-bond donors (Lipinski definition) is 1. The smallest absolute Gasteiger partial charge is 0.195 e. The number of nitrogens with one attached hydrogen (secondary N) is 1. The van der Waals surface area contributed by atoms with Crippen molar-refractivity contribution in [3.8, 4) is 16.9 Å². The molecule has 1 heterocycles. The number of ketones is 1. The molecule has 0 aliphatic rings. The van der Waals surface area contributed by atoms with Crippen molar-refractivity contribution in [2.45, 2.75) is 0 Å². The first-order chi connectivity index (χ1) is 10.7. The van der Waals surface area contributed by atoms with Crippen molar-refractivity contribution in [2.75, 3.05) is 7.11 Å². The lowest BCUT2D eigenvalue weighted by molar-refractivity contribution is 0.103. The van der Waals surface area contributed by atoms with Gasteiger partial charge >= 0.3 is 0 Å². The van der Waals surface area contributed by atoms with E-state index in [1.807, 2.05) is 54.7 Å². The van der Waals surface area contributed by atoms with E-state index < -0.39 is 0 Å². The van der Waals surface area contributed by atoms with Gasteiger partial charge in [0, 0.05) is 33.6 Å². The molecule has 0 saturated heterocycles. The monoisotopic (exact) mass is 355 g/mol. The Kier molecular flexibility index (Phi) is 4.11. The predicted molar refractivity (Wildman–Crippen MR) is 90.4 cm³/mol. The third-order valence-corrected chi connectivity index (χ3v) is 3.95. The van der Waals surface area contributed by atoms with Crippen LogP contribution in [-0.4, -0.2) is 17.9 Å². The Morgan fingerprint density at radius 1 is 1.09 bits per heavy atom. The van der Waals surface area contributed by atoms with Crippen molar-refractivity contribution in [1.29, 1.82) is 0 Å². The maximum atomic E-state index is 12.7. The SMILES string of the molecule is COc1cccc(-c2c[nH]cc2C(=O)c2cccc(Br)c2)c1. The number of carbonyl (C=O) groups excluding carboxylic acids is 1. The first-order valence-electron chi connectivity index (χ1n) is 6.80. The average Bonchev–Trinajstić information content (AvgIpc) is 3.04. The quantitative estimate of drug-likeness (QED) is 0.690. The largest absolute Gasteiger partial charge is 0.497 e. The molecule has 110 valence electrons. The van der Waals surface area contributed by atoms with Crippen LogP contribution in [0.25, 0.3) is 11.1 Å². The van der Waals surface area contributed by atoms with E-state index in [-0.39, 0.29) is 5.78 Å². The summed E-state index contributed by atoms with van der Waals surface area (Å²) in [5, 5.41) is 0. The second kappa shape index (κ2) is 6.20. The van der Waals surface area contributed by atoms with E-state index in [1.165, 1.54) is 0 Å². The molecular formula is C18H14BrNO2. The molecule has 0 radical (unpaired) electrons. The summed E-state index contributed by atoms with van der Waals surface area (Å²) < 4.78 is 6.14. The third-order valence-electron chi connectivity index (χ3n) is 3.46. The van der Waals surface area contributed by atoms with Crippen molar-refractivity contribution in [3.05, 3.63) is 76.5 Å². The highest BCUT2D eigenvalue weighted by Crippen LogP contribution is 2.28. The summed E-state index contributed by atoms with van der Waals surface area (Å²) in [7, 11) is 1.63. The highest BCUT2D eigenvalue weighted by Gasteiger charge is 2.16. The topological polar surface area (TPSA) is 42.1 Å². The molecule has 0 unspecified atom stereocenters. The van der Waals surface area contributed by atoms with E-state index >= 15 is 0 Å². The summed E-state index contributed by atoms with van der Waals surface area (Å²) in [4.78, 5) is 15.8. The normalized spacial score (nSPS) is 10.5. The Hall–Kier alpha value is -2.33. The summed E-state index contributed by atoms with van der Waals surface area (Å²) in [5.74, 6) is 0.750. The highest BCUT2D eigenvalue weighted by molar-refractivity contribution is 9.10. The van der Waals surface area contributed by atoms with Crippen LogP contribution in [-0.2, 0) is 0 Å². The lowest BCUT2D eigenvalue weighted by atomic mass is 9.98. The minimum absolute atomic E-state index is 0.0135. The first kappa shape index (κ1) is 14.6. The van der Waals surface area contributed by atoms with Crippen LogP contribution in [0.1, 0.15) is 15.9 Å². The number of benzene rings is 2. The van der Waals surface area contributed by atoms with E-state index in [0.717, 1.165) is 21.3 Å². The Morgan fingerprint density at radius 2 is 1.91 bits per heavy atom. The van der Waals surface area contributed by atoms with Gasteiger partial charge in [-0.3, -0.25) is 4.79 Å². The number of halogens is 1. The van der Waals surface area contributed by atoms with Crippen LogP contribution in [0.5, 0.6) is 5.75 Å². The molecule has 2 aromatic carbocycles. The predicted octanol–water partition coefficient (Wildman–Crippen LogP) is 4.68. The molecule has 3 aromatic rings. The Bertz CT molecular complexity index is 823. The summed E-state index contributed by atoms with van der Waals surface area (Å²) in [6.07, 6.45) is 3.57. The van der Waals surface area contributed by atoms with Crippen LogP contribution >= 0.6 is 15.9 Å². The molecule has 0 amide bonds. The molecule has 4 heteroatoms. The van der Waals surface area contributed by atoms with Gasteiger partial charge in [-0.1, -0.05) is 40.2 Å². The summed E-state index contributed by atoms with van der Waals surface area (Å²) in [6.45, 7) is 0. The van der Waals surface area contributed by atoms with Crippen LogP contribution in [0, 0.1) is 0 Å². The molecule has 1 aromatic heterocycles. The van der Waals surface area contributed by atoms with Gasteiger partial charge in [0.2, 0.25) is 0 Å². The van der Waals surface area contributed by atoms with E-state index in [2.05, 4.69) is 20.9 Å². The molecule has 0 aliphatic carbocycles. The van der Waals surface area contributed by atoms with E-state index in [9.17, 15) is 4.79 Å². The number of methoxy groups -OCH3 is 1. The number of ether oxygens (including phenoxy) is 1. The number of carbonyl (C=O) groups is 1. The summed E-state index contributed by atoms with van der Waals surface area (Å²) >= 11 is 3.40. The molecule has 3 rings (SSSR count). The lowest BCUT2D eigenvalue weighted by Gasteiger charge is -2.06. The van der Waals surface area contributed by atoms with Gasteiger partial charge in [0.25, 0.3) is 0 Å². The fourth-order valence-corrected chi connectivity index (χ4v) is 2.77. The van der Waals surface area contributed by atoms with Crippen molar-refractivity contribution in [1.82, 2.24) is 4.98 Å². The van der Waals surface area contributed by atoms with E-state index in [0.29, 0.717) is 11.1 Å². The standard InChI is InChI=1S/C18H14BrNO2/c1-22-15-7-3-4-12(9-15)16-10-20-11-17(16)18(21)13-5-2-6-14(19)8-13/h2-11,20H,1H3. The van der Waals surface area contributed by atoms with E-state index in [1.54, 1.807) is 13.3 Å². The molecule has 0 aliphatic heterocycles. The Labute approximate surface area is 137 Å². The van der Waals surface area contributed by atoms with Crippen LogP contribution in [0.4, 0.5) is 0 Å². The van der Waals surface area contributed by atoms with Gasteiger partial charge in [-0.15, -0.1) is 0 Å². The first-order valence-corrected chi connectivity index (χ1v) is 7.60. The van der Waals surface area contributed by atoms with Gasteiger partial charge in [0.15, 0.2) is 5.78 Å². The number of hydrogen-bond acceptors (Lipinski definition) is 2. The molecular weight excluding hydrogens is 342 g/mol. The molecule has 22 heavy (non-hydrogen) atoms. The van der Waals surface area contributed by atoms with Gasteiger partial charge in [-0.2, -0.15) is 0 Å². The van der Waals surface area contributed by atoms with Gasteiger partial charge in [0.1, 0.15) is 5.75 Å². The maximum absolute atomic E-state index is 12.7. The van der Waals surface area contributed by atoms with Gasteiger partial charge in [0.05, 0.1) is 7.11 Å². The zero-order chi connectivity index (χ0) is 15.5. The lowest BCUT2D eigenvalue weighted by Crippen LogP contribution is -2.01. The molecule has 1 N–H and O–H groups in total. The molecule has 3 nitrogen and oxygen atoms in total. The van der Waals surface area contributed by atoms with Crippen molar-refractivity contribution < 1.29 is 9.53 Å². The van der Waals surface area contributed by atoms with Crippen LogP contribution < -0.4 is 4.74 Å². The summed E-state index contributed by atoms with van der Waals surface area (Å²) in [6, 6.07) is 15.1. The van der Waals surface area contributed by atoms with Gasteiger partial charge < -0.3 is 9.72 Å². The minimum atomic E-state index is -0.0135. The fraction of sp³-hybridized carbons (Fsp3) is 0.0556. The third kappa shape index (κ3) is 2.83. The van der Waals surface area contributed by atoms with Crippen LogP contribution in [0.15, 0.2) is 65.4 Å². The van der Waals surface area contributed by atoms with Gasteiger partial charge in [-0.05, 0) is 29.8 Å². The van der Waals surface area contributed by atoms with Crippen molar-refractivity contribution in [3.63, 3.8) is 0 Å². The minimum Gasteiger partial charge on any atom is -0.497 e. The molecule has 0 spiro atoms. The average molecular weight is 356 g/mol. The van der Waals surface area contributed by atoms with Gasteiger partial charge in [-0.25, -0.2) is 0 Å². The van der Waals surface area contributed by atoms with E-state index in [4.69, 9.17) is 4.74 Å². The molecule has 0 fully saturated rings. The second-order valence-electron chi connectivity index (χ2n) is 4.85.